The van der Waals surface area contributed by atoms with Crippen LogP contribution in [0.5, 0.6) is 0 Å². The van der Waals surface area contributed by atoms with E-state index >= 15 is 0 Å². The number of fused-ring (bicyclic) bond motifs is 1. The first-order valence-corrected chi connectivity index (χ1v) is 14.6. The summed E-state index contributed by atoms with van der Waals surface area (Å²) in [6.45, 7) is 4.12. The molecule has 0 radical (unpaired) electrons. The Labute approximate surface area is 226 Å². The van der Waals surface area contributed by atoms with Crippen LogP contribution in [0.3, 0.4) is 0 Å². The van der Waals surface area contributed by atoms with Gasteiger partial charge in [0.2, 0.25) is 5.95 Å². The van der Waals surface area contributed by atoms with Crippen molar-refractivity contribution < 1.29 is 0 Å². The summed E-state index contributed by atoms with van der Waals surface area (Å²) in [6, 6.07) is 10.5. The molecule has 1 aromatic carbocycles. The second-order valence-electron chi connectivity index (χ2n) is 10.5. The van der Waals surface area contributed by atoms with Gasteiger partial charge in [-0.1, -0.05) is 18.1 Å². The van der Waals surface area contributed by atoms with Gasteiger partial charge in [0.25, 0.3) is 5.56 Å². The second-order valence-corrected chi connectivity index (χ2v) is 11.6. The Morgan fingerprint density at radius 3 is 2.61 bits per heavy atom. The molecule has 2 N–H and O–H groups in total. The Balaban J connectivity index is 1.09. The molecule has 3 aromatic heterocycles. The predicted molar refractivity (Wildman–Crippen MR) is 152 cm³/mol. The van der Waals surface area contributed by atoms with Crippen molar-refractivity contribution in [1.82, 2.24) is 29.9 Å². The maximum absolute atomic E-state index is 12.9. The van der Waals surface area contributed by atoms with Crippen molar-refractivity contribution in [1.29, 1.82) is 0 Å². The van der Waals surface area contributed by atoms with Crippen LogP contribution in [-0.4, -0.2) is 48.8 Å². The number of thioether (sulfide) groups is 1. The average Bonchev–Trinajstić information content (AvgIpc) is 3.65. The largest absolute Gasteiger partial charge is 0.372 e. The van der Waals surface area contributed by atoms with Crippen LogP contribution in [0.1, 0.15) is 56.6 Å². The van der Waals surface area contributed by atoms with E-state index in [4.69, 9.17) is 4.98 Å². The summed E-state index contributed by atoms with van der Waals surface area (Å²) in [5.74, 6) is 2.39. The number of pyridine rings is 1. The van der Waals surface area contributed by atoms with Crippen LogP contribution in [0.2, 0.25) is 0 Å². The van der Waals surface area contributed by atoms with Gasteiger partial charge in [-0.25, -0.2) is 4.98 Å². The minimum absolute atomic E-state index is 0.0357. The fourth-order valence-corrected chi connectivity index (χ4v) is 6.70. The number of hydrogen-bond donors (Lipinski definition) is 2. The van der Waals surface area contributed by atoms with Gasteiger partial charge < -0.3 is 10.2 Å². The SMILES string of the molecule is Cc1cc(=O)n(C2CCCC2)c2nc(Nc3ccc(N4CCC(CCSc5cnn[nH]5)CC4)cc3)ncc12. The number of benzene rings is 1. The molecule has 2 aliphatic rings. The molecule has 4 aromatic rings. The lowest BCUT2D eigenvalue weighted by Crippen LogP contribution is -2.33. The van der Waals surface area contributed by atoms with Crippen molar-refractivity contribution in [3.05, 3.63) is 58.6 Å². The third-order valence-corrected chi connectivity index (χ3v) is 8.92. The highest BCUT2D eigenvalue weighted by atomic mass is 32.2. The number of anilines is 3. The van der Waals surface area contributed by atoms with Crippen molar-refractivity contribution in [2.24, 2.45) is 5.92 Å². The monoisotopic (exact) mass is 530 g/mol. The minimum Gasteiger partial charge on any atom is -0.372 e. The first-order chi connectivity index (χ1) is 18.6. The Kier molecular flexibility index (Phi) is 7.31. The molecule has 38 heavy (non-hydrogen) atoms. The lowest BCUT2D eigenvalue weighted by atomic mass is 9.94. The van der Waals surface area contributed by atoms with E-state index < -0.39 is 0 Å². The maximum atomic E-state index is 12.9. The van der Waals surface area contributed by atoms with Gasteiger partial charge >= 0.3 is 0 Å². The predicted octanol–water partition coefficient (Wildman–Crippen LogP) is 5.48. The highest BCUT2D eigenvalue weighted by Gasteiger charge is 2.22. The number of aromatic nitrogens is 6. The number of piperidine rings is 1. The summed E-state index contributed by atoms with van der Waals surface area (Å²) in [4.78, 5) is 24.7. The topological polar surface area (TPSA) is 105 Å². The third-order valence-electron chi connectivity index (χ3n) is 7.97. The molecule has 198 valence electrons. The van der Waals surface area contributed by atoms with E-state index in [1.54, 1.807) is 24.0 Å². The molecule has 0 unspecified atom stereocenters. The van der Waals surface area contributed by atoms with E-state index in [1.807, 2.05) is 17.7 Å². The Morgan fingerprint density at radius 1 is 1.08 bits per heavy atom. The lowest BCUT2D eigenvalue weighted by Gasteiger charge is -2.33. The highest BCUT2D eigenvalue weighted by Crippen LogP contribution is 2.32. The third kappa shape index (κ3) is 5.41. The number of nitrogens with zero attached hydrogens (tertiary/aromatic N) is 6. The summed E-state index contributed by atoms with van der Waals surface area (Å²) in [6.07, 6.45) is 11.7. The summed E-state index contributed by atoms with van der Waals surface area (Å²) in [5, 5.41) is 15.9. The first kappa shape index (κ1) is 24.9. The van der Waals surface area contributed by atoms with Gasteiger partial charge in [0, 0.05) is 48.2 Å². The fraction of sp³-hybridized carbons (Fsp3) is 0.464. The van der Waals surface area contributed by atoms with Crippen molar-refractivity contribution >= 4 is 40.1 Å². The summed E-state index contributed by atoms with van der Waals surface area (Å²) in [7, 11) is 0. The van der Waals surface area contributed by atoms with Gasteiger partial charge in [-0.2, -0.15) is 4.98 Å². The van der Waals surface area contributed by atoms with E-state index in [1.165, 1.54) is 24.9 Å². The number of rotatable bonds is 8. The lowest BCUT2D eigenvalue weighted by molar-refractivity contribution is 0.397. The Hall–Kier alpha value is -3.40. The molecule has 0 spiro atoms. The summed E-state index contributed by atoms with van der Waals surface area (Å²) in [5.41, 5.74) is 3.88. The molecular formula is C28H34N8OS. The van der Waals surface area contributed by atoms with E-state index in [-0.39, 0.29) is 11.6 Å². The number of nitrogens with one attached hydrogen (secondary N) is 2. The van der Waals surface area contributed by atoms with Crippen LogP contribution in [-0.2, 0) is 0 Å². The van der Waals surface area contributed by atoms with Crippen LogP contribution < -0.4 is 15.8 Å². The van der Waals surface area contributed by atoms with Crippen molar-refractivity contribution in [2.45, 2.75) is 62.9 Å². The van der Waals surface area contributed by atoms with Gasteiger partial charge in [-0.3, -0.25) is 14.5 Å². The average molecular weight is 531 g/mol. The highest BCUT2D eigenvalue weighted by molar-refractivity contribution is 7.99. The van der Waals surface area contributed by atoms with Crippen LogP contribution in [0.25, 0.3) is 11.0 Å². The van der Waals surface area contributed by atoms with E-state index in [0.717, 1.165) is 77.8 Å². The van der Waals surface area contributed by atoms with Crippen LogP contribution >= 0.6 is 11.8 Å². The molecule has 10 heteroatoms. The van der Waals surface area contributed by atoms with Crippen LogP contribution in [0.15, 0.2) is 52.5 Å². The summed E-state index contributed by atoms with van der Waals surface area (Å²) >= 11 is 1.80. The Bertz CT molecular complexity index is 1420. The molecule has 1 aliphatic carbocycles. The van der Waals surface area contributed by atoms with Crippen LogP contribution in [0, 0.1) is 12.8 Å². The number of H-pyrrole nitrogens is 1. The standard InChI is InChI=1S/C28H34N8OS/c1-19-16-26(37)36(23-4-2-3-5-23)27-24(19)17-29-28(32-27)31-21-6-8-22(9-7-21)35-13-10-20(11-14-35)12-15-38-25-18-30-34-33-25/h6-9,16-18,20,23H,2-5,10-15H2,1H3,(H,29,31,32)(H,30,33,34). The molecule has 0 amide bonds. The van der Waals surface area contributed by atoms with E-state index in [9.17, 15) is 4.79 Å². The molecule has 0 bridgehead atoms. The molecule has 1 saturated heterocycles. The van der Waals surface area contributed by atoms with Gasteiger partial charge in [-0.05, 0) is 80.5 Å². The smallest absolute Gasteiger partial charge is 0.252 e. The Morgan fingerprint density at radius 2 is 1.87 bits per heavy atom. The normalized spacial score (nSPS) is 16.9. The second kappa shape index (κ2) is 11.1. The molecule has 9 nitrogen and oxygen atoms in total. The zero-order valence-corrected chi connectivity index (χ0v) is 22.6. The zero-order valence-electron chi connectivity index (χ0n) is 21.8. The quantitative estimate of drug-likeness (QED) is 0.289. The van der Waals surface area contributed by atoms with Gasteiger partial charge in [-0.15, -0.1) is 16.9 Å². The van der Waals surface area contributed by atoms with Gasteiger partial charge in [0.1, 0.15) is 10.7 Å². The van der Waals surface area contributed by atoms with E-state index in [0.29, 0.717) is 5.95 Å². The van der Waals surface area contributed by atoms with Crippen molar-refractivity contribution in [2.75, 3.05) is 29.1 Å². The van der Waals surface area contributed by atoms with E-state index in [2.05, 4.69) is 54.9 Å². The molecule has 0 atom stereocenters. The van der Waals surface area contributed by atoms with Crippen molar-refractivity contribution in [3.63, 3.8) is 0 Å². The van der Waals surface area contributed by atoms with Crippen molar-refractivity contribution in [3.8, 4) is 0 Å². The zero-order chi connectivity index (χ0) is 25.9. The first-order valence-electron chi connectivity index (χ1n) is 13.6. The summed E-state index contributed by atoms with van der Waals surface area (Å²) < 4.78 is 1.89. The molecule has 1 saturated carbocycles. The number of aromatic amines is 1. The molecular weight excluding hydrogens is 496 g/mol. The van der Waals surface area contributed by atoms with Gasteiger partial charge in [0.05, 0.1) is 6.20 Å². The fourth-order valence-electron chi connectivity index (χ4n) is 5.81. The van der Waals surface area contributed by atoms with Gasteiger partial charge in [0.15, 0.2) is 0 Å². The maximum Gasteiger partial charge on any atom is 0.252 e. The number of aryl methyl sites for hydroxylation is 1. The number of hydrogen-bond acceptors (Lipinski definition) is 8. The minimum atomic E-state index is 0.0357. The molecule has 4 heterocycles. The molecule has 1 aliphatic heterocycles. The van der Waals surface area contributed by atoms with Crippen LogP contribution in [0.4, 0.5) is 17.3 Å². The molecule has 2 fully saturated rings. The molecule has 6 rings (SSSR count).